The third-order valence-corrected chi connectivity index (χ3v) is 7.95. The van der Waals surface area contributed by atoms with Crippen LogP contribution in [0.25, 0.3) is 0 Å². The minimum atomic E-state index is -4.15. The second-order valence-corrected chi connectivity index (χ2v) is 11.4. The molecule has 1 aromatic carbocycles. The summed E-state index contributed by atoms with van der Waals surface area (Å²) in [6.45, 7) is 6.66. The lowest BCUT2D eigenvalue weighted by Crippen LogP contribution is -2.41. The zero-order chi connectivity index (χ0) is 26.6. The second kappa shape index (κ2) is 9.19. The fraction of sp³-hybridized carbons (Fsp3) is 0.522. The number of rotatable bonds is 10. The number of para-hydroxylation sites is 1. The van der Waals surface area contributed by atoms with Crippen LogP contribution in [0.5, 0.6) is 5.75 Å². The number of benzene rings is 1. The monoisotopic (exact) mass is 536 g/mol. The molecule has 1 aromatic heterocycles. The fourth-order valence-electron chi connectivity index (χ4n) is 4.36. The molecule has 3 unspecified atom stereocenters. The second-order valence-electron chi connectivity index (χ2n) is 9.66. The van der Waals surface area contributed by atoms with Crippen molar-refractivity contribution in [1.82, 2.24) is 20.0 Å². The van der Waals surface area contributed by atoms with Crippen LogP contribution >= 0.6 is 7.75 Å². The average molecular weight is 536 g/mol. The molecular formula is C23H29N4O9P. The van der Waals surface area contributed by atoms with Gasteiger partial charge in [0.15, 0.2) is 6.23 Å². The molecule has 1 spiro atoms. The van der Waals surface area contributed by atoms with Gasteiger partial charge >= 0.3 is 19.4 Å². The Labute approximate surface area is 212 Å². The number of carbonyl (C=O) groups excluding carboxylic acids is 1. The molecule has 37 heavy (non-hydrogen) atoms. The van der Waals surface area contributed by atoms with Gasteiger partial charge in [-0.1, -0.05) is 18.2 Å². The molecule has 0 aliphatic carbocycles. The number of aromatic nitrogens is 2. The number of aryl methyl sites for hydroxylation is 1. The molecule has 5 rings (SSSR count). The van der Waals surface area contributed by atoms with Crippen LogP contribution in [-0.2, 0) is 28.1 Å². The van der Waals surface area contributed by atoms with Crippen LogP contribution in [0.2, 0.25) is 0 Å². The first kappa shape index (κ1) is 25.8. The number of ether oxygens (including phenoxy) is 3. The van der Waals surface area contributed by atoms with Crippen LogP contribution in [0.4, 0.5) is 0 Å². The quantitative estimate of drug-likeness (QED) is 0.224. The number of epoxide rings is 1. The lowest BCUT2D eigenvalue weighted by atomic mass is 10.0. The van der Waals surface area contributed by atoms with Gasteiger partial charge in [0.2, 0.25) is 5.79 Å². The van der Waals surface area contributed by atoms with Crippen LogP contribution in [0, 0.1) is 6.92 Å². The van der Waals surface area contributed by atoms with Crippen molar-refractivity contribution in [2.45, 2.75) is 63.5 Å². The molecule has 0 saturated carbocycles. The zero-order valence-electron chi connectivity index (χ0n) is 20.8. The van der Waals surface area contributed by atoms with Crippen molar-refractivity contribution in [2.75, 3.05) is 13.2 Å². The van der Waals surface area contributed by atoms with Gasteiger partial charge in [-0.2, -0.15) is 5.09 Å². The molecule has 6 atom stereocenters. The van der Waals surface area contributed by atoms with E-state index in [4.69, 9.17) is 23.3 Å². The highest BCUT2D eigenvalue weighted by Gasteiger charge is 2.82. The summed E-state index contributed by atoms with van der Waals surface area (Å²) in [4.78, 5) is 39.0. The van der Waals surface area contributed by atoms with Gasteiger partial charge in [-0.3, -0.25) is 23.7 Å². The SMILES string of the molecule is Cc1cn([C@@H]2OC3(COP(=O)(N[C@@H](C)C(=O)OC(C)C)Oc4ccccc4)O[C@@H]3C23CN3)c(=O)[nH]c1=O. The lowest BCUT2D eigenvalue weighted by molar-refractivity contribution is -0.149. The standard InChI is InChI=1S/C23H29N4O9P/c1-13(2)33-18(29)15(4)26-37(31,36-16-8-6-5-7-9-16)32-12-23-19(34-23)22(11-24-22)20(35-23)27-10-14(3)17(28)25-21(27)30/h5-10,13,15,19-20,24H,11-12H2,1-4H3,(H,26,31)(H,25,28,30)/t15-,19+,20+,22?,23?,37?/m0/s1. The predicted octanol–water partition coefficient (Wildman–Crippen LogP) is 0.944. The van der Waals surface area contributed by atoms with E-state index < -0.39 is 54.7 Å². The van der Waals surface area contributed by atoms with Gasteiger partial charge in [0.25, 0.3) is 5.56 Å². The molecular weight excluding hydrogens is 507 g/mol. The van der Waals surface area contributed by atoms with E-state index in [1.165, 1.54) is 17.7 Å². The number of nitrogens with one attached hydrogen (secondary N) is 3. The first-order valence-corrected chi connectivity index (χ1v) is 13.4. The van der Waals surface area contributed by atoms with Gasteiger partial charge in [-0.15, -0.1) is 0 Å². The lowest BCUT2D eigenvalue weighted by Gasteiger charge is -2.25. The van der Waals surface area contributed by atoms with E-state index in [0.717, 1.165) is 0 Å². The third-order valence-electron chi connectivity index (χ3n) is 6.32. The van der Waals surface area contributed by atoms with Gasteiger partial charge in [0.1, 0.15) is 30.0 Å². The number of hydrogen-bond acceptors (Lipinski definition) is 10. The molecule has 200 valence electrons. The van der Waals surface area contributed by atoms with Crippen LogP contribution < -0.4 is 26.2 Å². The molecule has 0 bridgehead atoms. The van der Waals surface area contributed by atoms with E-state index in [1.807, 2.05) is 0 Å². The van der Waals surface area contributed by atoms with Crippen molar-refractivity contribution in [1.29, 1.82) is 0 Å². The Bertz CT molecular complexity index is 1360. The van der Waals surface area contributed by atoms with Crippen LogP contribution in [0.1, 0.15) is 32.6 Å². The minimum Gasteiger partial charge on any atom is -0.462 e. The van der Waals surface area contributed by atoms with E-state index in [2.05, 4.69) is 15.4 Å². The Balaban J connectivity index is 1.35. The maximum Gasteiger partial charge on any atom is 0.459 e. The van der Waals surface area contributed by atoms with Crippen molar-refractivity contribution < 1.29 is 32.6 Å². The summed E-state index contributed by atoms with van der Waals surface area (Å²) in [7, 11) is -4.15. The number of nitrogens with zero attached hydrogens (tertiary/aromatic N) is 1. The highest BCUT2D eigenvalue weighted by atomic mass is 31.2. The molecule has 0 amide bonds. The van der Waals surface area contributed by atoms with Gasteiger partial charge in [-0.25, -0.2) is 9.36 Å². The Kier molecular flexibility index (Phi) is 6.42. The summed E-state index contributed by atoms with van der Waals surface area (Å²) in [5.41, 5.74) is -1.46. The highest BCUT2D eigenvalue weighted by Crippen LogP contribution is 2.62. The van der Waals surface area contributed by atoms with Crippen LogP contribution in [0.3, 0.4) is 0 Å². The van der Waals surface area contributed by atoms with Gasteiger partial charge in [-0.05, 0) is 39.8 Å². The van der Waals surface area contributed by atoms with E-state index >= 15 is 0 Å². The Morgan fingerprint density at radius 1 is 1.24 bits per heavy atom. The van der Waals surface area contributed by atoms with E-state index in [0.29, 0.717) is 12.1 Å². The molecule has 0 radical (unpaired) electrons. The molecule has 4 heterocycles. The smallest absolute Gasteiger partial charge is 0.459 e. The third kappa shape index (κ3) is 4.90. The van der Waals surface area contributed by atoms with Gasteiger partial charge in [0.05, 0.1) is 6.10 Å². The van der Waals surface area contributed by atoms with Crippen LogP contribution in [-0.4, -0.2) is 58.2 Å². The maximum absolute atomic E-state index is 13.8. The number of fused-ring (bicyclic) bond motifs is 2. The molecule has 3 fully saturated rings. The highest BCUT2D eigenvalue weighted by molar-refractivity contribution is 7.52. The van der Waals surface area contributed by atoms with E-state index in [9.17, 15) is 18.9 Å². The summed E-state index contributed by atoms with van der Waals surface area (Å²) in [5, 5.41) is 5.83. The molecule has 2 aromatic rings. The predicted molar refractivity (Wildman–Crippen MR) is 129 cm³/mol. The summed E-state index contributed by atoms with van der Waals surface area (Å²) in [6, 6.07) is 7.35. The maximum atomic E-state index is 13.8. The van der Waals surface area contributed by atoms with Crippen molar-refractivity contribution >= 4 is 13.7 Å². The molecule has 3 aliphatic rings. The van der Waals surface area contributed by atoms with Crippen molar-refractivity contribution in [3.63, 3.8) is 0 Å². The molecule has 14 heteroatoms. The van der Waals surface area contributed by atoms with E-state index in [-0.39, 0.29) is 18.5 Å². The van der Waals surface area contributed by atoms with Gasteiger partial charge in [0, 0.05) is 18.3 Å². The zero-order valence-corrected chi connectivity index (χ0v) is 21.7. The number of H-pyrrole nitrogens is 1. The Morgan fingerprint density at radius 3 is 2.59 bits per heavy atom. The Morgan fingerprint density at radius 2 is 1.95 bits per heavy atom. The molecule has 3 saturated heterocycles. The molecule has 3 aliphatic heterocycles. The normalized spacial score (nSPS) is 30.0. The molecule has 13 nitrogen and oxygen atoms in total. The summed E-state index contributed by atoms with van der Waals surface area (Å²) in [5.74, 6) is -1.67. The largest absolute Gasteiger partial charge is 0.462 e. The number of esters is 1. The summed E-state index contributed by atoms with van der Waals surface area (Å²) >= 11 is 0. The van der Waals surface area contributed by atoms with Gasteiger partial charge < -0.3 is 24.1 Å². The summed E-state index contributed by atoms with van der Waals surface area (Å²) < 4.78 is 43.7. The average Bonchev–Trinajstić information content (AvgIpc) is 3.73. The van der Waals surface area contributed by atoms with Crippen molar-refractivity contribution in [2.24, 2.45) is 0 Å². The first-order valence-electron chi connectivity index (χ1n) is 11.9. The topological polar surface area (TPSA) is 172 Å². The Hall–Kier alpha value is -2.80. The van der Waals surface area contributed by atoms with Crippen molar-refractivity contribution in [3.05, 3.63) is 62.9 Å². The van der Waals surface area contributed by atoms with E-state index in [1.54, 1.807) is 51.1 Å². The number of aromatic amines is 1. The van der Waals surface area contributed by atoms with Crippen LogP contribution in [0.15, 0.2) is 46.1 Å². The summed E-state index contributed by atoms with van der Waals surface area (Å²) in [6.07, 6.45) is -0.227. The molecule has 3 N–H and O–H groups in total. The number of hydrogen-bond donors (Lipinski definition) is 3. The van der Waals surface area contributed by atoms with Crippen molar-refractivity contribution in [3.8, 4) is 5.75 Å². The fourth-order valence-corrected chi connectivity index (χ4v) is 5.87. The number of carbonyl (C=O) groups is 1. The first-order chi connectivity index (χ1) is 17.5. The minimum absolute atomic E-state index is 0.259.